The molecule has 2 rings (SSSR count). The number of carbonyl (C=O) groups is 2. The van der Waals surface area contributed by atoms with E-state index in [0.717, 1.165) is 7.11 Å². The molecule has 1 atom stereocenters. The first-order valence-electron chi connectivity index (χ1n) is 8.32. The van der Waals surface area contributed by atoms with Crippen LogP contribution >= 0.6 is 0 Å². The second-order valence-electron chi connectivity index (χ2n) is 5.69. The molecule has 0 fully saturated rings. The average Bonchev–Trinajstić information content (AvgIpc) is 2.65. The van der Waals surface area contributed by atoms with Gasteiger partial charge in [-0.05, 0) is 20.8 Å². The van der Waals surface area contributed by atoms with Crippen molar-refractivity contribution >= 4 is 18.0 Å². The number of methoxy groups -OCH3 is 1. The van der Waals surface area contributed by atoms with E-state index in [1.807, 2.05) is 0 Å². The molecule has 0 amide bonds. The van der Waals surface area contributed by atoms with Gasteiger partial charge in [-0.1, -0.05) is 18.2 Å². The third-order valence-electron chi connectivity index (χ3n) is 3.90. The lowest BCUT2D eigenvalue weighted by molar-refractivity contribution is -0.385. The van der Waals surface area contributed by atoms with Crippen LogP contribution in [0.5, 0.6) is 0 Å². The second kappa shape index (κ2) is 8.89. The van der Waals surface area contributed by atoms with Crippen LogP contribution in [0.2, 0.25) is 0 Å². The van der Waals surface area contributed by atoms with Gasteiger partial charge in [0.2, 0.25) is 0 Å². The van der Waals surface area contributed by atoms with Gasteiger partial charge in [0.1, 0.15) is 17.4 Å². The first-order chi connectivity index (χ1) is 13.3. The van der Waals surface area contributed by atoms with Crippen LogP contribution in [0.15, 0.2) is 47.2 Å². The third kappa shape index (κ3) is 4.40. The Hall–Kier alpha value is -3.56. The zero-order chi connectivity index (χ0) is 20.8. The van der Waals surface area contributed by atoms with Crippen molar-refractivity contribution in [3.8, 4) is 0 Å². The summed E-state index contributed by atoms with van der Waals surface area (Å²) in [5.74, 6) is -1.03. The molecule has 1 heterocycles. The number of carbonyl (C=O) groups excluding carboxylic acids is 2. The average molecular weight is 392 g/mol. The predicted octanol–water partition coefficient (Wildman–Crippen LogP) is 3.70. The number of para-hydroxylation sites is 1. The van der Waals surface area contributed by atoms with E-state index in [1.165, 1.54) is 18.2 Å². The molecule has 0 aliphatic carbocycles. The number of nitro benzene ring substituents is 1. The highest BCUT2D eigenvalue weighted by Crippen LogP contribution is 2.42. The van der Waals surface area contributed by atoms with Gasteiger partial charge in [-0.3, -0.25) is 10.1 Å². The van der Waals surface area contributed by atoms with Crippen LogP contribution in [0.3, 0.4) is 0 Å². The van der Waals surface area contributed by atoms with E-state index >= 15 is 0 Å². The first kappa shape index (κ1) is 20.7. The highest BCUT2D eigenvalue weighted by Gasteiger charge is 2.38. The third-order valence-corrected chi connectivity index (χ3v) is 3.90. The number of allylic oxidation sites excluding steroid dienone is 2. The molecule has 10 nitrogen and oxygen atoms in total. The number of nitro groups is 1. The lowest BCUT2D eigenvalue weighted by Crippen LogP contribution is -2.29. The summed E-state index contributed by atoms with van der Waals surface area (Å²) < 4.78 is 19.9. The minimum Gasteiger partial charge on any atom is -0.437 e. The molecule has 1 aromatic carbocycles. The number of nitrogens with zero attached hydrogens (tertiary/aromatic N) is 1. The van der Waals surface area contributed by atoms with E-state index in [9.17, 15) is 19.7 Å². The molecule has 28 heavy (non-hydrogen) atoms. The maximum absolute atomic E-state index is 11.9. The van der Waals surface area contributed by atoms with Crippen molar-refractivity contribution in [3.05, 3.63) is 62.9 Å². The molecule has 0 bridgehead atoms. The molecule has 1 aliphatic rings. The van der Waals surface area contributed by atoms with Gasteiger partial charge < -0.3 is 24.3 Å². The summed E-state index contributed by atoms with van der Waals surface area (Å²) >= 11 is 0. The largest absolute Gasteiger partial charge is 0.513 e. The molecule has 1 aliphatic heterocycles. The smallest absolute Gasteiger partial charge is 0.437 e. The molecule has 0 spiro atoms. The van der Waals surface area contributed by atoms with Crippen LogP contribution < -0.4 is 5.32 Å². The van der Waals surface area contributed by atoms with Gasteiger partial charge in [-0.25, -0.2) is 9.59 Å². The van der Waals surface area contributed by atoms with Crippen LogP contribution in [-0.4, -0.2) is 31.0 Å². The molecule has 0 radical (unpaired) electrons. The number of benzene rings is 1. The first-order valence-corrected chi connectivity index (χ1v) is 8.32. The Kier molecular flexibility index (Phi) is 6.59. The van der Waals surface area contributed by atoms with Crippen LogP contribution in [0.25, 0.3) is 0 Å². The van der Waals surface area contributed by atoms with Crippen LogP contribution in [0.1, 0.15) is 32.3 Å². The zero-order valence-electron chi connectivity index (χ0n) is 15.8. The molecule has 10 heteroatoms. The fourth-order valence-corrected chi connectivity index (χ4v) is 2.78. The van der Waals surface area contributed by atoms with E-state index in [-0.39, 0.29) is 29.4 Å². The predicted molar refractivity (Wildman–Crippen MR) is 96.0 cm³/mol. The maximum atomic E-state index is 11.9. The number of nitrogens with one attached hydrogen (secondary N) is 1. The Balaban J connectivity index is 2.64. The van der Waals surface area contributed by atoms with Crippen molar-refractivity contribution < 1.29 is 33.5 Å². The number of dihydropyridines is 1. The topological polar surface area (TPSA) is 126 Å². The minimum absolute atomic E-state index is 0.00560. The van der Waals surface area contributed by atoms with Crippen molar-refractivity contribution in [2.24, 2.45) is 0 Å². The summed E-state index contributed by atoms with van der Waals surface area (Å²) in [4.78, 5) is 34.6. The molecule has 150 valence electrons. The minimum atomic E-state index is -1.05. The zero-order valence-corrected chi connectivity index (χ0v) is 15.8. The van der Waals surface area contributed by atoms with E-state index < -0.39 is 23.2 Å². The summed E-state index contributed by atoms with van der Waals surface area (Å²) in [5.41, 5.74) is 0.755. The number of rotatable bonds is 5. The summed E-state index contributed by atoms with van der Waals surface area (Å²) in [6, 6.07) is 5.89. The van der Waals surface area contributed by atoms with Gasteiger partial charge in [0.25, 0.3) is 5.69 Å². The van der Waals surface area contributed by atoms with Gasteiger partial charge in [-0.15, -0.1) is 0 Å². The quantitative estimate of drug-likeness (QED) is 0.453. The lowest BCUT2D eigenvalue weighted by Gasteiger charge is -2.29. The molecule has 0 saturated carbocycles. The van der Waals surface area contributed by atoms with Crippen molar-refractivity contribution in [2.45, 2.75) is 26.7 Å². The van der Waals surface area contributed by atoms with Crippen molar-refractivity contribution in [1.82, 2.24) is 5.32 Å². The fraction of sp³-hybridized carbons (Fsp3) is 0.333. The van der Waals surface area contributed by atoms with E-state index in [2.05, 4.69) is 10.1 Å². The number of hydrogen-bond acceptors (Lipinski definition) is 9. The molecule has 1 N–H and O–H groups in total. The van der Waals surface area contributed by atoms with Gasteiger partial charge in [0.15, 0.2) is 0 Å². The maximum Gasteiger partial charge on any atom is 0.513 e. The molecule has 1 aromatic rings. The van der Waals surface area contributed by atoms with Crippen LogP contribution in [-0.2, 0) is 18.9 Å². The van der Waals surface area contributed by atoms with Crippen LogP contribution in [0.4, 0.5) is 15.3 Å². The molecule has 0 aromatic heterocycles. The lowest BCUT2D eigenvalue weighted by atomic mass is 9.89. The Morgan fingerprint density at radius 2 is 1.68 bits per heavy atom. The molecule has 1 unspecified atom stereocenters. The summed E-state index contributed by atoms with van der Waals surface area (Å²) in [6.45, 7) is 4.92. The van der Waals surface area contributed by atoms with E-state index in [0.29, 0.717) is 11.4 Å². The van der Waals surface area contributed by atoms with E-state index in [4.69, 9.17) is 14.2 Å². The second-order valence-corrected chi connectivity index (χ2v) is 5.69. The van der Waals surface area contributed by atoms with Crippen LogP contribution in [0, 0.1) is 10.1 Å². The fourth-order valence-electron chi connectivity index (χ4n) is 2.78. The Labute approximate surface area is 160 Å². The Bertz CT molecular complexity index is 859. The molecular weight excluding hydrogens is 372 g/mol. The van der Waals surface area contributed by atoms with Crippen molar-refractivity contribution in [3.63, 3.8) is 0 Å². The standard InChI is InChI=1S/C18H20N2O8/c1-5-26-18(22)28-16-11(3)19-10(2)15(27-17(21)25-4)14(16)12-8-6-7-9-13(12)20(23)24/h6-9,14,19H,5H2,1-4H3. The SMILES string of the molecule is CCOC(=O)OC1=C(C)NC(C)=C(OC(=O)OC)C1c1ccccc1[N+](=O)[O-]. The molecular formula is C18H20N2O8. The summed E-state index contributed by atoms with van der Waals surface area (Å²) in [6.07, 6.45) is -2.01. The van der Waals surface area contributed by atoms with Gasteiger partial charge in [0.05, 0.1) is 30.0 Å². The normalized spacial score (nSPS) is 16.2. The van der Waals surface area contributed by atoms with Gasteiger partial charge in [0, 0.05) is 11.6 Å². The van der Waals surface area contributed by atoms with Crippen molar-refractivity contribution in [2.75, 3.05) is 13.7 Å². The van der Waals surface area contributed by atoms with Gasteiger partial charge >= 0.3 is 12.3 Å². The number of ether oxygens (including phenoxy) is 4. The van der Waals surface area contributed by atoms with E-state index in [1.54, 1.807) is 26.8 Å². The van der Waals surface area contributed by atoms with Crippen molar-refractivity contribution in [1.29, 1.82) is 0 Å². The summed E-state index contributed by atoms with van der Waals surface area (Å²) in [5, 5.41) is 14.5. The highest BCUT2D eigenvalue weighted by molar-refractivity contribution is 5.65. The number of hydrogen-bond donors (Lipinski definition) is 1. The summed E-state index contributed by atoms with van der Waals surface area (Å²) in [7, 11) is 1.13. The monoisotopic (exact) mass is 392 g/mol. The van der Waals surface area contributed by atoms with Gasteiger partial charge in [-0.2, -0.15) is 0 Å². The highest BCUT2D eigenvalue weighted by atomic mass is 16.7. The Morgan fingerprint density at radius 1 is 1.11 bits per heavy atom. The Morgan fingerprint density at radius 3 is 2.21 bits per heavy atom. The molecule has 0 saturated heterocycles.